The molecular formula is C21H23ClN4O2. The van der Waals surface area contributed by atoms with Crippen molar-refractivity contribution in [3.05, 3.63) is 75.7 Å². The summed E-state index contributed by atoms with van der Waals surface area (Å²) in [5, 5.41) is 7.57. The molecule has 0 aliphatic rings. The number of aromatic nitrogens is 3. The Balaban J connectivity index is 1.70. The van der Waals surface area contributed by atoms with Crippen LogP contribution < -0.4 is 5.32 Å². The molecule has 0 unspecified atom stereocenters. The Bertz CT molecular complexity index is 967. The normalized spacial score (nSPS) is 10.9. The van der Waals surface area contributed by atoms with Gasteiger partial charge >= 0.3 is 0 Å². The second kappa shape index (κ2) is 8.99. The quantitative estimate of drug-likeness (QED) is 0.653. The first-order valence-corrected chi connectivity index (χ1v) is 9.49. The highest BCUT2D eigenvalue weighted by Crippen LogP contribution is 2.18. The standard InChI is InChI=1S/C21H23ClN4O2/c1-4-28-13-17-7-5-16(6-8-17)12-23-21(27)20-18(22)9-10-19(24-20)26-15(3)11-14(2)25-26/h5-11H,4,12-13H2,1-3H3,(H,23,27). The maximum Gasteiger partial charge on any atom is 0.271 e. The highest BCUT2D eigenvalue weighted by molar-refractivity contribution is 6.33. The molecule has 7 heteroatoms. The average Bonchev–Trinajstić information content (AvgIpc) is 3.03. The molecule has 2 aromatic heterocycles. The first-order chi connectivity index (χ1) is 13.5. The molecule has 6 nitrogen and oxygen atoms in total. The lowest BCUT2D eigenvalue weighted by Gasteiger charge is -2.10. The molecule has 3 aromatic rings. The number of hydrogen-bond acceptors (Lipinski definition) is 4. The van der Waals surface area contributed by atoms with Gasteiger partial charge in [0.1, 0.15) is 5.69 Å². The molecule has 1 amide bonds. The number of rotatable bonds is 7. The van der Waals surface area contributed by atoms with Crippen molar-refractivity contribution in [1.82, 2.24) is 20.1 Å². The minimum atomic E-state index is -0.327. The molecule has 0 radical (unpaired) electrons. The van der Waals surface area contributed by atoms with Crippen LogP contribution in [0.4, 0.5) is 0 Å². The van der Waals surface area contributed by atoms with Crippen molar-refractivity contribution in [2.75, 3.05) is 6.61 Å². The maximum atomic E-state index is 12.6. The highest BCUT2D eigenvalue weighted by Gasteiger charge is 2.15. The van der Waals surface area contributed by atoms with E-state index < -0.39 is 0 Å². The summed E-state index contributed by atoms with van der Waals surface area (Å²) in [6.45, 7) is 7.46. The van der Waals surface area contributed by atoms with Crippen molar-refractivity contribution in [1.29, 1.82) is 0 Å². The summed E-state index contributed by atoms with van der Waals surface area (Å²) in [5.74, 6) is 0.229. The number of amides is 1. The van der Waals surface area contributed by atoms with E-state index in [9.17, 15) is 4.79 Å². The molecule has 0 saturated heterocycles. The summed E-state index contributed by atoms with van der Waals surface area (Å²) in [6.07, 6.45) is 0. The Morgan fingerprint density at radius 3 is 2.50 bits per heavy atom. The van der Waals surface area contributed by atoms with E-state index in [-0.39, 0.29) is 11.6 Å². The van der Waals surface area contributed by atoms with E-state index in [4.69, 9.17) is 16.3 Å². The van der Waals surface area contributed by atoms with Crippen molar-refractivity contribution >= 4 is 17.5 Å². The minimum absolute atomic E-state index is 0.180. The maximum absolute atomic E-state index is 12.6. The second-order valence-electron chi connectivity index (χ2n) is 6.48. The van der Waals surface area contributed by atoms with Gasteiger partial charge in [0.15, 0.2) is 5.82 Å². The molecule has 0 aliphatic heterocycles. The SMILES string of the molecule is CCOCc1ccc(CNC(=O)c2nc(-n3nc(C)cc3C)ccc2Cl)cc1. The zero-order valence-electron chi connectivity index (χ0n) is 16.2. The van der Waals surface area contributed by atoms with Gasteiger partial charge in [0, 0.05) is 18.8 Å². The smallest absolute Gasteiger partial charge is 0.271 e. The molecular weight excluding hydrogens is 376 g/mol. The molecule has 146 valence electrons. The second-order valence-corrected chi connectivity index (χ2v) is 6.88. The monoisotopic (exact) mass is 398 g/mol. The van der Waals surface area contributed by atoms with Crippen molar-refractivity contribution < 1.29 is 9.53 Å². The van der Waals surface area contributed by atoms with Crippen LogP contribution in [-0.4, -0.2) is 27.3 Å². The summed E-state index contributed by atoms with van der Waals surface area (Å²) in [5.41, 5.74) is 4.08. The fraction of sp³-hybridized carbons (Fsp3) is 0.286. The van der Waals surface area contributed by atoms with Crippen LogP contribution in [0.5, 0.6) is 0 Å². The topological polar surface area (TPSA) is 69.0 Å². The predicted octanol–water partition coefficient (Wildman–Crippen LogP) is 4.00. The number of pyridine rings is 1. The van der Waals surface area contributed by atoms with E-state index in [0.29, 0.717) is 30.6 Å². The number of aryl methyl sites for hydroxylation is 2. The molecule has 28 heavy (non-hydrogen) atoms. The molecule has 3 rings (SSSR count). The Morgan fingerprint density at radius 2 is 1.86 bits per heavy atom. The van der Waals surface area contributed by atoms with Gasteiger partial charge in [-0.1, -0.05) is 35.9 Å². The molecule has 1 N–H and O–H groups in total. The number of carbonyl (C=O) groups excluding carboxylic acids is 1. The van der Waals surface area contributed by atoms with Crippen LogP contribution in [0.3, 0.4) is 0 Å². The first-order valence-electron chi connectivity index (χ1n) is 9.12. The third kappa shape index (κ3) is 4.77. The Labute approximate surface area is 169 Å². The first kappa shape index (κ1) is 20.0. The van der Waals surface area contributed by atoms with Gasteiger partial charge in [-0.3, -0.25) is 4.79 Å². The van der Waals surface area contributed by atoms with Crippen LogP contribution >= 0.6 is 11.6 Å². The largest absolute Gasteiger partial charge is 0.377 e. The van der Waals surface area contributed by atoms with Crippen molar-refractivity contribution in [3.8, 4) is 5.82 Å². The summed E-state index contributed by atoms with van der Waals surface area (Å²) >= 11 is 6.21. The molecule has 0 fully saturated rings. The van der Waals surface area contributed by atoms with Crippen LogP contribution in [0.15, 0.2) is 42.5 Å². The number of ether oxygens (including phenoxy) is 1. The van der Waals surface area contributed by atoms with Gasteiger partial charge in [-0.2, -0.15) is 5.10 Å². The molecule has 0 atom stereocenters. The van der Waals surface area contributed by atoms with E-state index in [0.717, 1.165) is 22.5 Å². The van der Waals surface area contributed by atoms with E-state index >= 15 is 0 Å². The Kier molecular flexibility index (Phi) is 6.44. The van der Waals surface area contributed by atoms with Crippen molar-refractivity contribution in [3.63, 3.8) is 0 Å². The van der Waals surface area contributed by atoms with Gasteiger partial charge in [0.2, 0.25) is 0 Å². The van der Waals surface area contributed by atoms with Crippen molar-refractivity contribution in [2.24, 2.45) is 0 Å². The molecule has 0 saturated carbocycles. The van der Waals surface area contributed by atoms with Crippen LogP contribution in [-0.2, 0) is 17.9 Å². The van der Waals surface area contributed by atoms with E-state index in [1.807, 2.05) is 51.1 Å². The van der Waals surface area contributed by atoms with Crippen LogP contribution in [0, 0.1) is 13.8 Å². The van der Waals surface area contributed by atoms with E-state index in [1.54, 1.807) is 16.8 Å². The summed E-state index contributed by atoms with van der Waals surface area (Å²) in [6, 6.07) is 13.3. The Hall–Kier alpha value is -2.70. The predicted molar refractivity (Wildman–Crippen MR) is 109 cm³/mol. The van der Waals surface area contributed by atoms with Crippen LogP contribution in [0.25, 0.3) is 5.82 Å². The summed E-state index contributed by atoms with van der Waals surface area (Å²) in [7, 11) is 0. The Morgan fingerprint density at radius 1 is 1.14 bits per heavy atom. The molecule has 2 heterocycles. The van der Waals surface area contributed by atoms with Gasteiger partial charge in [0.25, 0.3) is 5.91 Å². The van der Waals surface area contributed by atoms with Gasteiger partial charge in [0.05, 0.1) is 17.3 Å². The third-order valence-electron chi connectivity index (χ3n) is 4.22. The number of hydrogen-bond donors (Lipinski definition) is 1. The van der Waals surface area contributed by atoms with Crippen LogP contribution in [0.2, 0.25) is 5.02 Å². The highest BCUT2D eigenvalue weighted by atomic mass is 35.5. The lowest BCUT2D eigenvalue weighted by molar-refractivity contribution is 0.0946. The van der Waals surface area contributed by atoms with Crippen LogP contribution in [0.1, 0.15) is 39.9 Å². The van der Waals surface area contributed by atoms with Crippen molar-refractivity contribution in [2.45, 2.75) is 33.9 Å². The minimum Gasteiger partial charge on any atom is -0.377 e. The lowest BCUT2D eigenvalue weighted by atomic mass is 10.1. The molecule has 0 spiro atoms. The van der Waals surface area contributed by atoms with Gasteiger partial charge in [-0.15, -0.1) is 0 Å². The molecule has 0 bridgehead atoms. The zero-order chi connectivity index (χ0) is 20.1. The summed E-state index contributed by atoms with van der Waals surface area (Å²) < 4.78 is 7.08. The number of nitrogens with one attached hydrogen (secondary N) is 1. The van der Waals surface area contributed by atoms with E-state index in [1.165, 1.54) is 0 Å². The number of halogens is 1. The van der Waals surface area contributed by atoms with Gasteiger partial charge in [-0.05, 0) is 50.1 Å². The fourth-order valence-electron chi connectivity index (χ4n) is 2.81. The van der Waals surface area contributed by atoms with Gasteiger partial charge < -0.3 is 10.1 Å². The summed E-state index contributed by atoms with van der Waals surface area (Å²) in [4.78, 5) is 17.0. The fourth-order valence-corrected chi connectivity index (χ4v) is 3.00. The lowest BCUT2D eigenvalue weighted by Crippen LogP contribution is -2.24. The third-order valence-corrected chi connectivity index (χ3v) is 4.53. The van der Waals surface area contributed by atoms with Gasteiger partial charge in [-0.25, -0.2) is 9.67 Å². The van der Waals surface area contributed by atoms with E-state index in [2.05, 4.69) is 15.4 Å². The zero-order valence-corrected chi connectivity index (χ0v) is 17.0. The number of carbonyl (C=O) groups is 1. The number of benzene rings is 1. The number of nitrogens with zero attached hydrogens (tertiary/aromatic N) is 3. The average molecular weight is 399 g/mol. The molecule has 0 aliphatic carbocycles. The molecule has 1 aromatic carbocycles.